The SMILES string of the molecule is Nc1cc(Br)cc(N)c1SCCNC(=O)OCC1c2ccccc2-c2ccccc21. The van der Waals surface area contributed by atoms with Crippen molar-refractivity contribution in [2.24, 2.45) is 0 Å². The van der Waals surface area contributed by atoms with Crippen LogP contribution in [0.5, 0.6) is 0 Å². The van der Waals surface area contributed by atoms with Crippen molar-refractivity contribution in [3.05, 3.63) is 76.3 Å². The topological polar surface area (TPSA) is 90.4 Å². The van der Waals surface area contributed by atoms with Gasteiger partial charge < -0.3 is 21.5 Å². The van der Waals surface area contributed by atoms with Gasteiger partial charge in [-0.1, -0.05) is 64.5 Å². The summed E-state index contributed by atoms with van der Waals surface area (Å²) in [5.41, 5.74) is 18.1. The van der Waals surface area contributed by atoms with Crippen LogP contribution < -0.4 is 16.8 Å². The van der Waals surface area contributed by atoms with Crippen molar-refractivity contribution in [1.29, 1.82) is 0 Å². The Morgan fingerprint density at radius 3 is 2.17 bits per heavy atom. The molecule has 0 spiro atoms. The number of carbonyl (C=O) groups is 1. The molecule has 4 rings (SSSR count). The van der Waals surface area contributed by atoms with Gasteiger partial charge in [-0.2, -0.15) is 0 Å². The summed E-state index contributed by atoms with van der Waals surface area (Å²) in [7, 11) is 0. The van der Waals surface area contributed by atoms with Crippen LogP contribution in [0, 0.1) is 0 Å². The number of anilines is 2. The molecular formula is C23H22BrN3O2S. The van der Waals surface area contributed by atoms with Gasteiger partial charge in [-0.25, -0.2) is 4.79 Å². The highest BCUT2D eigenvalue weighted by Crippen LogP contribution is 2.44. The largest absolute Gasteiger partial charge is 0.449 e. The molecule has 30 heavy (non-hydrogen) atoms. The quantitative estimate of drug-likeness (QED) is 0.253. The molecule has 0 radical (unpaired) electrons. The first-order chi connectivity index (χ1) is 14.5. The molecule has 5 nitrogen and oxygen atoms in total. The van der Waals surface area contributed by atoms with Gasteiger partial charge in [0.25, 0.3) is 0 Å². The number of halogens is 1. The Bertz CT molecular complexity index is 1020. The van der Waals surface area contributed by atoms with Crippen molar-refractivity contribution >= 4 is 45.2 Å². The second-order valence-corrected chi connectivity index (χ2v) is 9.04. The molecule has 0 bridgehead atoms. The summed E-state index contributed by atoms with van der Waals surface area (Å²) in [6.07, 6.45) is -0.422. The molecule has 0 saturated heterocycles. The molecule has 3 aromatic rings. The van der Waals surface area contributed by atoms with E-state index >= 15 is 0 Å². The molecule has 0 aromatic heterocycles. The summed E-state index contributed by atoms with van der Waals surface area (Å²) in [5, 5.41) is 2.80. The fourth-order valence-corrected chi connectivity index (χ4v) is 5.11. The van der Waals surface area contributed by atoms with E-state index in [-0.39, 0.29) is 5.92 Å². The van der Waals surface area contributed by atoms with E-state index in [1.54, 1.807) is 0 Å². The standard InChI is InChI=1S/C23H22BrN3O2S/c24-14-11-20(25)22(21(26)12-14)30-10-9-27-23(28)29-13-19-17-7-3-1-5-15(17)16-6-2-4-8-18(16)19/h1-8,11-12,19H,9-10,13,25-26H2,(H,27,28). The third-order valence-corrected chi connectivity index (χ3v) is 6.70. The Labute approximate surface area is 188 Å². The van der Waals surface area contributed by atoms with Gasteiger partial charge in [0, 0.05) is 34.1 Å². The summed E-state index contributed by atoms with van der Waals surface area (Å²) >= 11 is 4.88. The Hall–Kier alpha value is -2.64. The van der Waals surface area contributed by atoms with E-state index < -0.39 is 6.09 Å². The molecule has 0 saturated carbocycles. The van der Waals surface area contributed by atoms with E-state index in [0.717, 1.165) is 9.37 Å². The van der Waals surface area contributed by atoms with Gasteiger partial charge in [-0.05, 0) is 34.4 Å². The summed E-state index contributed by atoms with van der Waals surface area (Å²) in [6.45, 7) is 0.760. The molecule has 3 aromatic carbocycles. The van der Waals surface area contributed by atoms with Crippen molar-refractivity contribution in [1.82, 2.24) is 5.32 Å². The zero-order valence-electron chi connectivity index (χ0n) is 16.2. The van der Waals surface area contributed by atoms with E-state index in [1.807, 2.05) is 36.4 Å². The van der Waals surface area contributed by atoms with Crippen LogP contribution in [0.4, 0.5) is 16.2 Å². The minimum absolute atomic E-state index is 0.0555. The lowest BCUT2D eigenvalue weighted by atomic mass is 9.98. The Morgan fingerprint density at radius 1 is 1.00 bits per heavy atom. The van der Waals surface area contributed by atoms with E-state index in [1.165, 1.54) is 34.0 Å². The number of hydrogen-bond acceptors (Lipinski definition) is 5. The predicted molar refractivity (Wildman–Crippen MR) is 127 cm³/mol. The maximum atomic E-state index is 12.2. The molecule has 0 fully saturated rings. The minimum atomic E-state index is -0.422. The minimum Gasteiger partial charge on any atom is -0.449 e. The maximum Gasteiger partial charge on any atom is 0.407 e. The van der Waals surface area contributed by atoms with E-state index in [0.29, 0.717) is 30.3 Å². The third-order valence-electron chi connectivity index (χ3n) is 5.07. The highest BCUT2D eigenvalue weighted by molar-refractivity contribution is 9.10. The first kappa shape index (κ1) is 20.6. The van der Waals surface area contributed by atoms with Crippen LogP contribution in [0.25, 0.3) is 11.1 Å². The fraction of sp³-hybridized carbons (Fsp3) is 0.174. The Morgan fingerprint density at radius 2 is 1.57 bits per heavy atom. The summed E-state index contributed by atoms with van der Waals surface area (Å²) in [5.74, 6) is 0.695. The lowest BCUT2D eigenvalue weighted by Crippen LogP contribution is -2.28. The molecule has 1 aliphatic rings. The molecule has 0 heterocycles. The molecular weight excluding hydrogens is 462 g/mol. The van der Waals surface area contributed by atoms with Crippen molar-refractivity contribution in [3.63, 3.8) is 0 Å². The molecule has 7 heteroatoms. The fourth-order valence-electron chi connectivity index (χ4n) is 3.76. The van der Waals surface area contributed by atoms with Gasteiger partial charge in [-0.15, -0.1) is 11.8 Å². The average Bonchev–Trinajstić information content (AvgIpc) is 3.05. The number of amides is 1. The molecule has 0 atom stereocenters. The van der Waals surface area contributed by atoms with Crippen LogP contribution in [-0.2, 0) is 4.74 Å². The zero-order chi connectivity index (χ0) is 21.1. The number of ether oxygens (including phenoxy) is 1. The number of nitrogens with one attached hydrogen (secondary N) is 1. The van der Waals surface area contributed by atoms with Gasteiger partial charge >= 0.3 is 6.09 Å². The van der Waals surface area contributed by atoms with Gasteiger partial charge in [0.15, 0.2) is 0 Å². The van der Waals surface area contributed by atoms with Crippen molar-refractivity contribution < 1.29 is 9.53 Å². The molecule has 1 aliphatic carbocycles. The van der Waals surface area contributed by atoms with Crippen LogP contribution >= 0.6 is 27.7 Å². The second kappa shape index (κ2) is 9.02. The molecule has 0 unspecified atom stereocenters. The molecule has 1 amide bonds. The van der Waals surface area contributed by atoms with Crippen LogP contribution in [0.2, 0.25) is 0 Å². The zero-order valence-corrected chi connectivity index (χ0v) is 18.6. The highest BCUT2D eigenvalue weighted by atomic mass is 79.9. The van der Waals surface area contributed by atoms with Gasteiger partial charge in [0.2, 0.25) is 0 Å². The highest BCUT2D eigenvalue weighted by Gasteiger charge is 2.28. The molecule has 0 aliphatic heterocycles. The number of nitrogen functional groups attached to an aromatic ring is 2. The van der Waals surface area contributed by atoms with Crippen LogP contribution in [0.3, 0.4) is 0 Å². The van der Waals surface area contributed by atoms with Crippen molar-refractivity contribution in [3.8, 4) is 11.1 Å². The lowest BCUT2D eigenvalue weighted by molar-refractivity contribution is 0.143. The van der Waals surface area contributed by atoms with Gasteiger partial charge in [0.1, 0.15) is 6.61 Å². The van der Waals surface area contributed by atoms with Gasteiger partial charge in [0.05, 0.1) is 4.90 Å². The number of rotatable bonds is 6. The summed E-state index contributed by atoms with van der Waals surface area (Å²) in [4.78, 5) is 13.0. The Balaban J connectivity index is 1.30. The second-order valence-electron chi connectivity index (χ2n) is 7.01. The summed E-state index contributed by atoms with van der Waals surface area (Å²) < 4.78 is 6.39. The number of alkyl carbamates (subject to hydrolysis) is 1. The normalized spacial score (nSPS) is 12.3. The van der Waals surface area contributed by atoms with Crippen LogP contribution in [0.1, 0.15) is 17.0 Å². The number of carbonyl (C=O) groups excluding carboxylic acids is 1. The smallest absolute Gasteiger partial charge is 0.407 e. The number of nitrogens with two attached hydrogens (primary N) is 2. The predicted octanol–water partition coefficient (Wildman–Crippen LogP) is 5.24. The molecule has 5 N–H and O–H groups in total. The van der Waals surface area contributed by atoms with Crippen molar-refractivity contribution in [2.75, 3.05) is 30.4 Å². The number of benzene rings is 3. The van der Waals surface area contributed by atoms with E-state index in [4.69, 9.17) is 16.2 Å². The van der Waals surface area contributed by atoms with Crippen LogP contribution in [0.15, 0.2) is 70.0 Å². The molecule has 154 valence electrons. The number of hydrogen-bond donors (Lipinski definition) is 3. The van der Waals surface area contributed by atoms with Crippen molar-refractivity contribution in [2.45, 2.75) is 10.8 Å². The number of thioether (sulfide) groups is 1. The third kappa shape index (κ3) is 4.27. The Kier molecular flexibility index (Phi) is 6.20. The van der Waals surface area contributed by atoms with Crippen LogP contribution in [-0.4, -0.2) is 25.0 Å². The average molecular weight is 484 g/mol. The maximum absolute atomic E-state index is 12.2. The first-order valence-corrected chi connectivity index (χ1v) is 11.4. The van der Waals surface area contributed by atoms with E-state index in [9.17, 15) is 4.79 Å². The number of fused-ring (bicyclic) bond motifs is 3. The van der Waals surface area contributed by atoms with E-state index in [2.05, 4.69) is 45.5 Å². The lowest BCUT2D eigenvalue weighted by Gasteiger charge is -2.15. The summed E-state index contributed by atoms with van der Waals surface area (Å²) in [6, 6.07) is 20.2. The van der Waals surface area contributed by atoms with Gasteiger partial charge in [-0.3, -0.25) is 0 Å². The monoisotopic (exact) mass is 483 g/mol. The first-order valence-electron chi connectivity index (χ1n) is 9.60.